The van der Waals surface area contributed by atoms with E-state index in [1.807, 2.05) is 43.0 Å². The number of pyridine rings is 1. The SMILES string of the molecule is COc1ccccc1CCn1c(C)cc(=O)c(C(=O)N2CCC[C@H](c3ccccc3)CC2)c1C. The van der Waals surface area contributed by atoms with E-state index in [4.69, 9.17) is 4.74 Å². The second kappa shape index (κ2) is 10.7. The summed E-state index contributed by atoms with van der Waals surface area (Å²) in [6, 6.07) is 20.1. The van der Waals surface area contributed by atoms with Crippen LogP contribution in [-0.4, -0.2) is 35.6 Å². The van der Waals surface area contributed by atoms with E-state index in [9.17, 15) is 9.59 Å². The molecule has 0 aliphatic carbocycles. The van der Waals surface area contributed by atoms with Crippen LogP contribution in [0.3, 0.4) is 0 Å². The first-order valence-electron chi connectivity index (χ1n) is 12.2. The molecule has 2 heterocycles. The van der Waals surface area contributed by atoms with E-state index in [2.05, 4.69) is 34.9 Å². The Labute approximate surface area is 202 Å². The van der Waals surface area contributed by atoms with Crippen LogP contribution in [0.2, 0.25) is 0 Å². The molecule has 2 aromatic carbocycles. The molecular weight excluding hydrogens is 424 g/mol. The van der Waals surface area contributed by atoms with Crippen LogP contribution < -0.4 is 10.2 Å². The number of para-hydroxylation sites is 1. The Balaban J connectivity index is 1.54. The standard InChI is InChI=1S/C29H34N2O3/c1-21-20-26(32)28(22(2)31(21)19-16-25-12-7-8-14-27(25)34-3)29(33)30-17-9-13-24(15-18-30)23-10-5-4-6-11-23/h4-8,10-12,14,20,24H,9,13,15-19H2,1-3H3/t24-/m0/s1. The number of carbonyl (C=O) groups is 1. The monoisotopic (exact) mass is 458 g/mol. The van der Waals surface area contributed by atoms with Crippen molar-refractivity contribution in [3.63, 3.8) is 0 Å². The van der Waals surface area contributed by atoms with Gasteiger partial charge in [0.25, 0.3) is 5.91 Å². The average Bonchev–Trinajstić information content (AvgIpc) is 3.11. The van der Waals surface area contributed by atoms with Gasteiger partial charge in [-0.25, -0.2) is 0 Å². The molecule has 0 unspecified atom stereocenters. The summed E-state index contributed by atoms with van der Waals surface area (Å²) in [5.74, 6) is 1.17. The lowest BCUT2D eigenvalue weighted by atomic mass is 9.92. The van der Waals surface area contributed by atoms with Crippen LogP contribution in [0.1, 0.15) is 58.1 Å². The number of benzene rings is 2. The van der Waals surface area contributed by atoms with Crippen molar-refractivity contribution < 1.29 is 9.53 Å². The summed E-state index contributed by atoms with van der Waals surface area (Å²) in [4.78, 5) is 28.4. The van der Waals surface area contributed by atoms with E-state index < -0.39 is 0 Å². The molecule has 1 saturated heterocycles. The number of rotatable bonds is 6. The molecule has 0 N–H and O–H groups in total. The number of hydrogen-bond acceptors (Lipinski definition) is 3. The minimum Gasteiger partial charge on any atom is -0.496 e. The van der Waals surface area contributed by atoms with Gasteiger partial charge in [0.15, 0.2) is 5.43 Å². The van der Waals surface area contributed by atoms with Gasteiger partial charge in [-0.05, 0) is 62.6 Å². The predicted molar refractivity (Wildman–Crippen MR) is 136 cm³/mol. The van der Waals surface area contributed by atoms with Crippen molar-refractivity contribution >= 4 is 5.91 Å². The molecule has 34 heavy (non-hydrogen) atoms. The van der Waals surface area contributed by atoms with Crippen molar-refractivity contribution in [2.24, 2.45) is 0 Å². The van der Waals surface area contributed by atoms with E-state index in [1.165, 1.54) is 5.56 Å². The summed E-state index contributed by atoms with van der Waals surface area (Å²) in [5.41, 5.74) is 4.18. The summed E-state index contributed by atoms with van der Waals surface area (Å²) in [7, 11) is 1.68. The van der Waals surface area contributed by atoms with Gasteiger partial charge in [-0.2, -0.15) is 0 Å². The highest BCUT2D eigenvalue weighted by atomic mass is 16.5. The number of hydrogen-bond donors (Lipinski definition) is 0. The van der Waals surface area contributed by atoms with Crippen molar-refractivity contribution in [3.8, 4) is 5.75 Å². The molecule has 1 fully saturated rings. The van der Waals surface area contributed by atoms with Gasteiger partial charge in [0, 0.05) is 37.1 Å². The number of aromatic nitrogens is 1. The average molecular weight is 459 g/mol. The first-order chi connectivity index (χ1) is 16.5. The highest BCUT2D eigenvalue weighted by Gasteiger charge is 2.26. The van der Waals surface area contributed by atoms with E-state index >= 15 is 0 Å². The van der Waals surface area contributed by atoms with Gasteiger partial charge in [0.2, 0.25) is 0 Å². The summed E-state index contributed by atoms with van der Waals surface area (Å²) in [5, 5.41) is 0. The highest BCUT2D eigenvalue weighted by Crippen LogP contribution is 2.28. The third-order valence-electron chi connectivity index (χ3n) is 7.08. The third kappa shape index (κ3) is 5.09. The maximum atomic E-state index is 13.6. The number of ether oxygens (including phenoxy) is 1. The first-order valence-corrected chi connectivity index (χ1v) is 12.2. The lowest BCUT2D eigenvalue weighted by Crippen LogP contribution is -2.37. The quantitative estimate of drug-likeness (QED) is 0.515. The van der Waals surface area contributed by atoms with Crippen molar-refractivity contribution in [2.45, 2.75) is 52.0 Å². The molecule has 0 radical (unpaired) electrons. The van der Waals surface area contributed by atoms with Crippen LogP contribution in [0.25, 0.3) is 0 Å². The van der Waals surface area contributed by atoms with Crippen molar-refractivity contribution in [2.75, 3.05) is 20.2 Å². The Morgan fingerprint density at radius 3 is 2.50 bits per heavy atom. The zero-order valence-electron chi connectivity index (χ0n) is 20.4. The maximum Gasteiger partial charge on any atom is 0.259 e. The van der Waals surface area contributed by atoms with Crippen LogP contribution in [-0.2, 0) is 13.0 Å². The highest BCUT2D eigenvalue weighted by molar-refractivity contribution is 5.95. The Hall–Kier alpha value is -3.34. The molecule has 1 aromatic heterocycles. The molecule has 4 rings (SSSR count). The van der Waals surface area contributed by atoms with Gasteiger partial charge in [0.05, 0.1) is 7.11 Å². The number of methoxy groups -OCH3 is 1. The Morgan fingerprint density at radius 2 is 1.74 bits per heavy atom. The summed E-state index contributed by atoms with van der Waals surface area (Å²) in [6.07, 6.45) is 3.68. The van der Waals surface area contributed by atoms with Gasteiger partial charge >= 0.3 is 0 Å². The van der Waals surface area contributed by atoms with Crippen molar-refractivity contribution in [3.05, 3.63) is 99.0 Å². The Kier molecular flexibility index (Phi) is 7.51. The zero-order chi connectivity index (χ0) is 24.1. The largest absolute Gasteiger partial charge is 0.496 e. The molecule has 178 valence electrons. The smallest absolute Gasteiger partial charge is 0.259 e. The summed E-state index contributed by atoms with van der Waals surface area (Å²) >= 11 is 0. The summed E-state index contributed by atoms with van der Waals surface area (Å²) in [6.45, 7) is 5.87. The van der Waals surface area contributed by atoms with E-state index in [1.54, 1.807) is 13.2 Å². The molecule has 5 nitrogen and oxygen atoms in total. The van der Waals surface area contributed by atoms with E-state index in [0.29, 0.717) is 31.1 Å². The molecule has 1 aliphatic rings. The van der Waals surface area contributed by atoms with Crippen LogP contribution in [0.5, 0.6) is 5.75 Å². The van der Waals surface area contributed by atoms with E-state index in [-0.39, 0.29) is 11.3 Å². The van der Waals surface area contributed by atoms with Gasteiger partial charge < -0.3 is 14.2 Å². The number of carbonyl (C=O) groups excluding carboxylic acids is 1. The molecule has 1 aliphatic heterocycles. The van der Waals surface area contributed by atoms with Gasteiger partial charge in [-0.1, -0.05) is 48.5 Å². The van der Waals surface area contributed by atoms with E-state index in [0.717, 1.165) is 48.4 Å². The second-order valence-corrected chi connectivity index (χ2v) is 9.15. The van der Waals surface area contributed by atoms with Gasteiger partial charge in [0.1, 0.15) is 11.3 Å². The predicted octanol–water partition coefficient (Wildman–Crippen LogP) is 5.13. The fourth-order valence-corrected chi connectivity index (χ4v) is 5.18. The fraction of sp³-hybridized carbons (Fsp3) is 0.379. The molecular formula is C29H34N2O3. The number of likely N-dealkylation sites (tertiary alicyclic amines) is 1. The van der Waals surface area contributed by atoms with Crippen LogP contribution in [0.15, 0.2) is 65.5 Å². The molecule has 3 aromatic rings. The lowest BCUT2D eigenvalue weighted by Gasteiger charge is -2.24. The number of amides is 1. The molecule has 0 saturated carbocycles. The molecule has 1 atom stereocenters. The molecule has 1 amide bonds. The fourth-order valence-electron chi connectivity index (χ4n) is 5.18. The second-order valence-electron chi connectivity index (χ2n) is 9.15. The van der Waals surface area contributed by atoms with Crippen LogP contribution in [0, 0.1) is 13.8 Å². The minimum absolute atomic E-state index is 0.137. The first kappa shape index (κ1) is 23.8. The van der Waals surface area contributed by atoms with Gasteiger partial charge in [-0.15, -0.1) is 0 Å². The van der Waals surface area contributed by atoms with Crippen LogP contribution in [0.4, 0.5) is 0 Å². The summed E-state index contributed by atoms with van der Waals surface area (Å²) < 4.78 is 7.58. The maximum absolute atomic E-state index is 13.6. The molecule has 5 heteroatoms. The zero-order valence-corrected chi connectivity index (χ0v) is 20.4. The number of aryl methyl sites for hydroxylation is 2. The van der Waals surface area contributed by atoms with Crippen molar-refractivity contribution in [1.82, 2.24) is 9.47 Å². The molecule has 0 spiro atoms. The lowest BCUT2D eigenvalue weighted by molar-refractivity contribution is 0.0758. The van der Waals surface area contributed by atoms with Gasteiger partial charge in [-0.3, -0.25) is 9.59 Å². The Bertz CT molecular complexity index is 1200. The normalized spacial score (nSPS) is 16.2. The molecule has 0 bridgehead atoms. The van der Waals surface area contributed by atoms with Crippen molar-refractivity contribution in [1.29, 1.82) is 0 Å². The third-order valence-corrected chi connectivity index (χ3v) is 7.08. The minimum atomic E-state index is -0.183. The Morgan fingerprint density at radius 1 is 1.00 bits per heavy atom. The van der Waals surface area contributed by atoms with Crippen LogP contribution >= 0.6 is 0 Å². The number of nitrogens with zero attached hydrogens (tertiary/aromatic N) is 2. The topological polar surface area (TPSA) is 51.5 Å².